The monoisotopic (exact) mass is 280 g/mol. The van der Waals surface area contributed by atoms with Gasteiger partial charge in [-0.15, -0.1) is 0 Å². The second-order valence-corrected chi connectivity index (χ2v) is 5.59. The average molecular weight is 280 g/mol. The van der Waals surface area contributed by atoms with Gasteiger partial charge in [0.15, 0.2) is 5.78 Å². The number of hydrogen-bond acceptors (Lipinski definition) is 5. The Bertz CT molecular complexity index is 515. The molecule has 104 valence electrons. The first kappa shape index (κ1) is 15.4. The molecule has 1 heterocycles. The molecule has 0 aliphatic carbocycles. The molecule has 0 saturated heterocycles. The minimum absolute atomic E-state index is 0.0346. The SMILES string of the molecule is CC(=Nc1nc(C)c(C(=O)C=CN(C)C)s1)N(C)C. The van der Waals surface area contributed by atoms with Gasteiger partial charge in [-0.25, -0.2) is 9.98 Å². The number of thiazole rings is 1. The van der Waals surface area contributed by atoms with Crippen molar-refractivity contribution in [3.05, 3.63) is 22.8 Å². The topological polar surface area (TPSA) is 48.8 Å². The van der Waals surface area contributed by atoms with E-state index in [1.54, 1.807) is 12.3 Å². The van der Waals surface area contributed by atoms with Crippen molar-refractivity contribution < 1.29 is 4.79 Å². The third kappa shape index (κ3) is 4.48. The van der Waals surface area contributed by atoms with E-state index in [1.807, 2.05) is 51.8 Å². The molecular formula is C13H20N4OS. The van der Waals surface area contributed by atoms with Gasteiger partial charge >= 0.3 is 0 Å². The number of rotatable bonds is 4. The summed E-state index contributed by atoms with van der Waals surface area (Å²) in [7, 11) is 7.59. The van der Waals surface area contributed by atoms with Crippen LogP contribution < -0.4 is 0 Å². The van der Waals surface area contributed by atoms with E-state index in [-0.39, 0.29) is 5.78 Å². The van der Waals surface area contributed by atoms with E-state index < -0.39 is 0 Å². The Morgan fingerprint density at radius 1 is 1.32 bits per heavy atom. The van der Waals surface area contributed by atoms with Crippen LogP contribution in [0.4, 0.5) is 5.13 Å². The molecule has 6 heteroatoms. The third-order valence-electron chi connectivity index (χ3n) is 2.44. The maximum Gasteiger partial charge on any atom is 0.211 e. The lowest BCUT2D eigenvalue weighted by atomic mass is 10.3. The van der Waals surface area contributed by atoms with Gasteiger partial charge in [-0.3, -0.25) is 4.79 Å². The van der Waals surface area contributed by atoms with Crippen molar-refractivity contribution in [1.29, 1.82) is 0 Å². The molecule has 0 radical (unpaired) electrons. The molecule has 1 aromatic heterocycles. The Morgan fingerprint density at radius 3 is 2.47 bits per heavy atom. The number of amidine groups is 1. The molecule has 0 bridgehead atoms. The van der Waals surface area contributed by atoms with Crippen LogP contribution in [0.15, 0.2) is 17.3 Å². The number of allylic oxidation sites excluding steroid dienone is 1. The first-order valence-electron chi connectivity index (χ1n) is 5.90. The van der Waals surface area contributed by atoms with Crippen molar-refractivity contribution in [2.75, 3.05) is 28.2 Å². The smallest absolute Gasteiger partial charge is 0.211 e. The second kappa shape index (κ2) is 6.47. The van der Waals surface area contributed by atoms with Crippen LogP contribution in [-0.2, 0) is 0 Å². The molecule has 0 saturated carbocycles. The zero-order chi connectivity index (χ0) is 14.6. The van der Waals surface area contributed by atoms with Crippen LogP contribution >= 0.6 is 11.3 Å². The fraction of sp³-hybridized carbons (Fsp3) is 0.462. The normalized spacial score (nSPS) is 12.0. The number of nitrogens with zero attached hydrogens (tertiary/aromatic N) is 4. The van der Waals surface area contributed by atoms with E-state index in [2.05, 4.69) is 9.98 Å². The van der Waals surface area contributed by atoms with Crippen molar-refractivity contribution in [2.45, 2.75) is 13.8 Å². The predicted octanol–water partition coefficient (Wildman–Crippen LogP) is 2.32. The Morgan fingerprint density at radius 2 is 1.95 bits per heavy atom. The van der Waals surface area contributed by atoms with E-state index in [9.17, 15) is 4.79 Å². The zero-order valence-corrected chi connectivity index (χ0v) is 13.1. The molecule has 0 aliphatic rings. The molecule has 5 nitrogen and oxygen atoms in total. The van der Waals surface area contributed by atoms with Crippen LogP contribution in [0.5, 0.6) is 0 Å². The van der Waals surface area contributed by atoms with Gasteiger partial charge in [-0.05, 0) is 13.8 Å². The van der Waals surface area contributed by atoms with Gasteiger partial charge in [-0.1, -0.05) is 11.3 Å². The van der Waals surface area contributed by atoms with Crippen LogP contribution in [0.3, 0.4) is 0 Å². The van der Waals surface area contributed by atoms with Crippen LogP contribution in [-0.4, -0.2) is 54.6 Å². The van der Waals surface area contributed by atoms with Gasteiger partial charge < -0.3 is 9.80 Å². The number of carbonyl (C=O) groups excluding carboxylic acids is 1. The first-order valence-corrected chi connectivity index (χ1v) is 6.72. The Hall–Kier alpha value is -1.69. The number of carbonyl (C=O) groups is 1. The molecule has 0 amide bonds. The van der Waals surface area contributed by atoms with Crippen LogP contribution in [0.1, 0.15) is 22.3 Å². The highest BCUT2D eigenvalue weighted by molar-refractivity contribution is 7.17. The summed E-state index contributed by atoms with van der Waals surface area (Å²) < 4.78 is 0. The molecule has 0 unspecified atom stereocenters. The summed E-state index contributed by atoms with van der Waals surface area (Å²) in [5, 5.41) is 0.616. The van der Waals surface area contributed by atoms with Gasteiger partial charge in [0.05, 0.1) is 10.6 Å². The van der Waals surface area contributed by atoms with E-state index in [1.165, 1.54) is 11.3 Å². The molecule has 0 aliphatic heterocycles. The quantitative estimate of drug-likeness (QED) is 0.367. The van der Waals surface area contributed by atoms with Gasteiger partial charge in [0, 0.05) is 40.5 Å². The molecule has 0 spiro atoms. The van der Waals surface area contributed by atoms with E-state index >= 15 is 0 Å². The molecule has 1 rings (SSSR count). The minimum Gasteiger partial charge on any atom is -0.383 e. The van der Waals surface area contributed by atoms with Crippen molar-refractivity contribution >= 4 is 28.1 Å². The van der Waals surface area contributed by atoms with Gasteiger partial charge in [0.1, 0.15) is 5.84 Å². The van der Waals surface area contributed by atoms with Crippen molar-refractivity contribution in [2.24, 2.45) is 4.99 Å². The number of aromatic nitrogens is 1. The van der Waals surface area contributed by atoms with Crippen molar-refractivity contribution in [3.63, 3.8) is 0 Å². The second-order valence-electron chi connectivity index (χ2n) is 4.61. The highest BCUT2D eigenvalue weighted by atomic mass is 32.1. The molecule has 19 heavy (non-hydrogen) atoms. The number of ketones is 1. The van der Waals surface area contributed by atoms with Gasteiger partial charge in [-0.2, -0.15) is 0 Å². The molecule has 1 aromatic rings. The fourth-order valence-electron chi connectivity index (χ4n) is 1.19. The van der Waals surface area contributed by atoms with Crippen LogP contribution in [0.25, 0.3) is 0 Å². The molecule has 0 aromatic carbocycles. The molecule has 0 fully saturated rings. The fourth-order valence-corrected chi connectivity index (χ4v) is 2.09. The summed E-state index contributed by atoms with van der Waals surface area (Å²) in [6.45, 7) is 3.74. The number of aliphatic imine (C=N–C) groups is 1. The highest BCUT2D eigenvalue weighted by Gasteiger charge is 2.13. The van der Waals surface area contributed by atoms with Crippen LogP contribution in [0.2, 0.25) is 0 Å². The van der Waals surface area contributed by atoms with Gasteiger partial charge in [0.25, 0.3) is 0 Å². The summed E-state index contributed by atoms with van der Waals surface area (Å²) >= 11 is 1.32. The third-order valence-corrected chi connectivity index (χ3v) is 3.50. The first-order chi connectivity index (χ1) is 8.81. The predicted molar refractivity (Wildman–Crippen MR) is 80.5 cm³/mol. The van der Waals surface area contributed by atoms with Crippen molar-refractivity contribution in [3.8, 4) is 0 Å². The number of aryl methyl sites for hydroxylation is 1. The Balaban J connectivity index is 2.97. The molecule has 0 N–H and O–H groups in total. The maximum atomic E-state index is 12.0. The highest BCUT2D eigenvalue weighted by Crippen LogP contribution is 2.26. The lowest BCUT2D eigenvalue weighted by Gasteiger charge is -2.09. The molecule has 0 atom stereocenters. The summed E-state index contributed by atoms with van der Waals surface area (Å²) in [6.07, 6.45) is 3.28. The van der Waals surface area contributed by atoms with Gasteiger partial charge in [0.2, 0.25) is 5.13 Å². The van der Waals surface area contributed by atoms with E-state index in [4.69, 9.17) is 0 Å². The van der Waals surface area contributed by atoms with Crippen molar-refractivity contribution in [1.82, 2.24) is 14.8 Å². The van der Waals surface area contributed by atoms with E-state index in [0.29, 0.717) is 10.0 Å². The summed E-state index contributed by atoms with van der Waals surface area (Å²) in [6, 6.07) is 0. The standard InChI is InChI=1S/C13H20N4OS/c1-9-12(11(18)7-8-16(3)4)19-13(14-9)15-10(2)17(5)6/h7-8H,1-6H3. The number of hydrogen-bond donors (Lipinski definition) is 0. The summed E-state index contributed by atoms with van der Waals surface area (Å²) in [5.74, 6) is 0.823. The van der Waals surface area contributed by atoms with E-state index in [0.717, 1.165) is 11.5 Å². The summed E-state index contributed by atoms with van der Waals surface area (Å²) in [4.78, 5) is 25.1. The Labute approximate surface area is 118 Å². The maximum absolute atomic E-state index is 12.0. The summed E-state index contributed by atoms with van der Waals surface area (Å²) in [5.41, 5.74) is 0.726. The lowest BCUT2D eigenvalue weighted by molar-refractivity contribution is 0.104. The zero-order valence-electron chi connectivity index (χ0n) is 12.3. The van der Waals surface area contributed by atoms with Crippen LogP contribution in [0, 0.1) is 6.92 Å². The molecular weight excluding hydrogens is 260 g/mol. The minimum atomic E-state index is -0.0346. The average Bonchev–Trinajstić information content (AvgIpc) is 2.67. The Kier molecular flexibility index (Phi) is 5.23. The lowest BCUT2D eigenvalue weighted by Crippen LogP contribution is -2.17. The largest absolute Gasteiger partial charge is 0.383 e.